The normalized spacial score (nSPS) is 27.5. The molecule has 46 heavy (non-hydrogen) atoms. The average molecular weight is 668 g/mol. The Morgan fingerprint density at radius 3 is 2.09 bits per heavy atom. The van der Waals surface area contributed by atoms with Crippen molar-refractivity contribution in [2.45, 2.75) is 105 Å². The highest BCUT2D eigenvalue weighted by atomic mass is 32.2. The van der Waals surface area contributed by atoms with Crippen LogP contribution in [0, 0.1) is 34.0 Å². The number of primary amides is 1. The van der Waals surface area contributed by atoms with Gasteiger partial charge in [0, 0.05) is 32.2 Å². The highest BCUT2D eigenvalue weighted by molar-refractivity contribution is 7.87. The van der Waals surface area contributed by atoms with Gasteiger partial charge in [-0.3, -0.25) is 19.2 Å². The number of likely N-dealkylation sites (tertiary alicyclic amines) is 1. The zero-order valence-electron chi connectivity index (χ0n) is 28.4. The molecule has 4 aliphatic rings. The number of carbonyl (C=O) groups is 5. The molecule has 0 aromatic carbocycles. The summed E-state index contributed by atoms with van der Waals surface area (Å²) < 4.78 is 28.5. The van der Waals surface area contributed by atoms with Crippen LogP contribution in [0.25, 0.3) is 0 Å². The van der Waals surface area contributed by atoms with Crippen molar-refractivity contribution < 1.29 is 32.4 Å². The lowest BCUT2D eigenvalue weighted by Gasteiger charge is -2.39. The SMILES string of the molecule is CC(C)(C)[C@H](NC(=O)N[C@H](CN1CCNS1(=O)=O)C(C)(C)C)C(=O)N1C[C@H]2[C@@H]([C@H]1C(=O)NC(CC1CCC1)C(=O)C(N)=O)C2(C)C. The van der Waals surface area contributed by atoms with E-state index in [0.717, 1.165) is 19.3 Å². The summed E-state index contributed by atoms with van der Waals surface area (Å²) in [5.41, 5.74) is 3.85. The lowest BCUT2D eigenvalue weighted by molar-refractivity contribution is -0.145. The molecule has 2 aliphatic heterocycles. The van der Waals surface area contributed by atoms with E-state index in [4.69, 9.17) is 5.73 Å². The number of Topliss-reactive ketones (excluding diaryl/α,β-unsaturated/α-hetero) is 1. The van der Waals surface area contributed by atoms with E-state index in [9.17, 15) is 32.4 Å². The number of rotatable bonds is 11. The van der Waals surface area contributed by atoms with Crippen molar-refractivity contribution in [2.75, 3.05) is 26.2 Å². The summed E-state index contributed by atoms with van der Waals surface area (Å²) in [6, 6.07) is -4.18. The molecule has 6 N–H and O–H groups in total. The molecule has 0 aromatic rings. The van der Waals surface area contributed by atoms with Crippen LogP contribution in [0.2, 0.25) is 0 Å². The highest BCUT2D eigenvalue weighted by Gasteiger charge is 2.70. The van der Waals surface area contributed by atoms with Gasteiger partial charge >= 0.3 is 6.03 Å². The molecule has 0 bridgehead atoms. The molecule has 4 rings (SSSR count). The van der Waals surface area contributed by atoms with Gasteiger partial charge in [0.15, 0.2) is 0 Å². The van der Waals surface area contributed by atoms with Crippen molar-refractivity contribution in [1.82, 2.24) is 29.9 Å². The number of hydrogen-bond donors (Lipinski definition) is 5. The molecule has 2 saturated carbocycles. The Bertz CT molecular complexity index is 1350. The van der Waals surface area contributed by atoms with Crippen molar-refractivity contribution in [3.8, 4) is 0 Å². The monoisotopic (exact) mass is 667 g/mol. The maximum atomic E-state index is 14.3. The number of ketones is 1. The Morgan fingerprint density at radius 1 is 0.978 bits per heavy atom. The molecule has 6 atom stereocenters. The van der Waals surface area contributed by atoms with Gasteiger partial charge in [-0.25, -0.2) is 9.52 Å². The summed E-state index contributed by atoms with van der Waals surface area (Å²) in [5, 5.41) is 8.51. The van der Waals surface area contributed by atoms with Gasteiger partial charge in [-0.15, -0.1) is 0 Å². The predicted octanol–water partition coefficient (Wildman–Crippen LogP) is 0.477. The summed E-state index contributed by atoms with van der Waals surface area (Å²) in [7, 11) is -3.63. The van der Waals surface area contributed by atoms with Gasteiger partial charge in [-0.05, 0) is 40.4 Å². The second kappa shape index (κ2) is 12.7. The van der Waals surface area contributed by atoms with E-state index < -0.39 is 74.7 Å². The van der Waals surface area contributed by atoms with Crippen LogP contribution in [0.5, 0.6) is 0 Å². The third-order valence-corrected chi connectivity index (χ3v) is 12.1. The van der Waals surface area contributed by atoms with E-state index in [1.54, 1.807) is 0 Å². The van der Waals surface area contributed by atoms with E-state index in [2.05, 4.69) is 20.7 Å². The lowest BCUT2D eigenvalue weighted by atomic mass is 9.80. The topological polar surface area (TPSA) is 200 Å². The quantitative estimate of drug-likeness (QED) is 0.197. The molecule has 0 radical (unpaired) electrons. The summed E-state index contributed by atoms with van der Waals surface area (Å²) in [6.07, 6.45) is 3.17. The summed E-state index contributed by atoms with van der Waals surface area (Å²) in [6.45, 7) is 16.1. The van der Waals surface area contributed by atoms with Crippen LogP contribution in [-0.2, 0) is 29.4 Å². The van der Waals surface area contributed by atoms with Crippen LogP contribution in [0.4, 0.5) is 4.79 Å². The number of hydrogen-bond acceptors (Lipinski definition) is 7. The fourth-order valence-electron chi connectivity index (χ4n) is 7.12. The van der Waals surface area contributed by atoms with Gasteiger partial charge in [-0.1, -0.05) is 74.7 Å². The van der Waals surface area contributed by atoms with E-state index in [1.165, 1.54) is 9.21 Å². The predicted molar refractivity (Wildman–Crippen MR) is 171 cm³/mol. The number of nitrogens with zero attached hydrogens (tertiary/aromatic N) is 2. The molecule has 1 unspecified atom stereocenters. The molecule has 2 aliphatic carbocycles. The van der Waals surface area contributed by atoms with Crippen molar-refractivity contribution in [3.63, 3.8) is 0 Å². The fourth-order valence-corrected chi connectivity index (χ4v) is 8.33. The first kappa shape index (κ1) is 36.1. The zero-order chi connectivity index (χ0) is 34.6. The second-order valence-electron chi connectivity index (χ2n) is 16.3. The molecule has 0 aromatic heterocycles. The van der Waals surface area contributed by atoms with Crippen LogP contribution >= 0.6 is 0 Å². The maximum Gasteiger partial charge on any atom is 0.315 e. The number of fused-ring (bicyclic) bond motifs is 1. The number of carbonyl (C=O) groups excluding carboxylic acids is 5. The number of nitrogens with one attached hydrogen (secondary N) is 4. The van der Waals surface area contributed by atoms with E-state index in [1.807, 2.05) is 55.4 Å². The molecule has 260 valence electrons. The lowest BCUT2D eigenvalue weighted by Crippen LogP contribution is -2.62. The highest BCUT2D eigenvalue weighted by Crippen LogP contribution is 2.65. The number of piperidine rings is 1. The summed E-state index contributed by atoms with van der Waals surface area (Å²) >= 11 is 0. The van der Waals surface area contributed by atoms with Crippen molar-refractivity contribution in [1.29, 1.82) is 0 Å². The van der Waals surface area contributed by atoms with Crippen LogP contribution in [0.3, 0.4) is 0 Å². The fraction of sp³-hybridized carbons (Fsp3) is 0.839. The van der Waals surface area contributed by atoms with Crippen molar-refractivity contribution in [3.05, 3.63) is 0 Å². The van der Waals surface area contributed by atoms with Gasteiger partial charge in [0.2, 0.25) is 17.6 Å². The van der Waals surface area contributed by atoms with E-state index in [0.29, 0.717) is 13.0 Å². The maximum absolute atomic E-state index is 14.3. The van der Waals surface area contributed by atoms with E-state index in [-0.39, 0.29) is 42.8 Å². The molecular weight excluding hydrogens is 614 g/mol. The van der Waals surface area contributed by atoms with Crippen LogP contribution in [0.15, 0.2) is 0 Å². The third-order valence-electron chi connectivity index (χ3n) is 10.5. The molecule has 2 saturated heterocycles. The second-order valence-corrected chi connectivity index (χ2v) is 18.1. The van der Waals surface area contributed by atoms with Crippen LogP contribution in [0.1, 0.15) is 81.1 Å². The van der Waals surface area contributed by atoms with Crippen molar-refractivity contribution >= 4 is 39.7 Å². The standard InChI is InChI=1S/C31H53N7O7S/c1-29(2,3)20(16-37-13-12-33-46(37,44)45)35-28(43)36-24(30(4,5)6)27(42)38-15-18-21(31(18,7)8)22(38)26(41)34-19(23(39)25(32)40)14-17-10-9-11-17/h17-22,24,33H,9-16H2,1-8H3,(H2,32,40)(H,34,41)(H2,35,36,43)/t18-,19?,20+,21-,22-,24+/m0/s1. The van der Waals surface area contributed by atoms with E-state index >= 15 is 0 Å². The first-order valence-corrected chi connectivity index (χ1v) is 17.8. The minimum Gasteiger partial charge on any atom is -0.363 e. The average Bonchev–Trinajstić information content (AvgIpc) is 3.20. The van der Waals surface area contributed by atoms with Crippen molar-refractivity contribution in [2.24, 2.45) is 39.7 Å². The number of amides is 5. The smallest absolute Gasteiger partial charge is 0.315 e. The molecule has 2 heterocycles. The molecule has 4 fully saturated rings. The molecule has 14 nitrogen and oxygen atoms in total. The largest absolute Gasteiger partial charge is 0.363 e. The van der Waals surface area contributed by atoms with Gasteiger partial charge < -0.3 is 26.6 Å². The van der Waals surface area contributed by atoms with Gasteiger partial charge in [0.1, 0.15) is 12.1 Å². The van der Waals surface area contributed by atoms with Gasteiger partial charge in [-0.2, -0.15) is 12.7 Å². The Balaban J connectivity index is 1.52. The number of urea groups is 1. The summed E-state index contributed by atoms with van der Waals surface area (Å²) in [5.74, 6) is -2.77. The molecular formula is C31H53N7O7S. The Morgan fingerprint density at radius 2 is 1.61 bits per heavy atom. The molecule has 5 amide bonds. The van der Waals surface area contributed by atoms with Crippen LogP contribution < -0.4 is 26.4 Å². The molecule has 15 heteroatoms. The minimum atomic E-state index is -3.63. The first-order chi connectivity index (χ1) is 21.1. The van der Waals surface area contributed by atoms with Gasteiger partial charge in [0.05, 0.1) is 6.04 Å². The Kier molecular flexibility index (Phi) is 9.94. The zero-order valence-corrected chi connectivity index (χ0v) is 29.3. The summed E-state index contributed by atoms with van der Waals surface area (Å²) in [4.78, 5) is 67.7. The Labute approximate surface area is 272 Å². The first-order valence-electron chi connectivity index (χ1n) is 16.3. The van der Waals surface area contributed by atoms with Crippen LogP contribution in [-0.4, -0.2) is 97.5 Å². The third kappa shape index (κ3) is 7.51. The minimum absolute atomic E-state index is 0.0548. The molecule has 0 spiro atoms. The van der Waals surface area contributed by atoms with Gasteiger partial charge in [0.25, 0.3) is 16.1 Å². The Hall–Kier alpha value is -2.78. The number of nitrogens with two attached hydrogens (primary N) is 1.